The van der Waals surface area contributed by atoms with Gasteiger partial charge in [-0.2, -0.15) is 0 Å². The number of β-amino-alcohol motifs (C(OH)–C–C–N with tert-alkyl or cyclic N) is 1. The summed E-state index contributed by atoms with van der Waals surface area (Å²) in [5.41, 5.74) is 3.69. The average molecular weight is 375 g/mol. The van der Waals surface area contributed by atoms with Gasteiger partial charge < -0.3 is 15.3 Å². The van der Waals surface area contributed by atoms with Crippen LogP contribution in [0.4, 0.5) is 5.82 Å². The number of anilines is 1. The molecule has 0 radical (unpaired) electrons. The summed E-state index contributed by atoms with van der Waals surface area (Å²) in [4.78, 5) is 12.1. The topological polar surface area (TPSA) is 61.3 Å². The number of piperidine rings is 1. The molecule has 2 aliphatic rings. The number of aliphatic hydroxyl groups excluding tert-OH is 1. The number of nitrogens with one attached hydrogen (secondary N) is 1. The van der Waals surface area contributed by atoms with Gasteiger partial charge in [0.2, 0.25) is 0 Å². The van der Waals surface area contributed by atoms with Crippen molar-refractivity contribution >= 4 is 18.2 Å². The van der Waals surface area contributed by atoms with E-state index in [0.29, 0.717) is 6.54 Å². The minimum atomic E-state index is -0.249. The van der Waals surface area contributed by atoms with Crippen LogP contribution in [-0.2, 0) is 19.3 Å². The molecule has 5 nitrogen and oxygen atoms in total. The van der Waals surface area contributed by atoms with E-state index < -0.39 is 0 Å². The third kappa shape index (κ3) is 4.34. The first kappa shape index (κ1) is 19.1. The van der Waals surface area contributed by atoms with E-state index in [9.17, 15) is 5.11 Å². The van der Waals surface area contributed by atoms with Gasteiger partial charge >= 0.3 is 0 Å². The zero-order chi connectivity index (χ0) is 17.1. The highest BCUT2D eigenvalue weighted by Gasteiger charge is 2.24. The van der Waals surface area contributed by atoms with E-state index in [-0.39, 0.29) is 18.5 Å². The normalized spacial score (nSPS) is 20.0. The fourth-order valence-corrected chi connectivity index (χ4v) is 3.84. The molecule has 26 heavy (non-hydrogen) atoms. The molecule has 6 heteroatoms. The minimum Gasteiger partial charge on any atom is -0.391 e. The quantitative estimate of drug-likeness (QED) is 0.861. The molecular formula is C20H27ClN4O. The van der Waals surface area contributed by atoms with Crippen molar-refractivity contribution in [1.29, 1.82) is 0 Å². The van der Waals surface area contributed by atoms with Gasteiger partial charge in [0, 0.05) is 38.0 Å². The van der Waals surface area contributed by atoms with Gasteiger partial charge in [0.05, 0.1) is 11.8 Å². The highest BCUT2D eigenvalue weighted by Crippen LogP contribution is 2.27. The van der Waals surface area contributed by atoms with Gasteiger partial charge in [0.15, 0.2) is 0 Å². The van der Waals surface area contributed by atoms with E-state index in [2.05, 4.69) is 34.5 Å². The third-order valence-corrected chi connectivity index (χ3v) is 5.11. The van der Waals surface area contributed by atoms with Gasteiger partial charge in [-0.1, -0.05) is 30.3 Å². The molecule has 1 aromatic carbocycles. The Hall–Kier alpha value is -1.69. The summed E-state index contributed by atoms with van der Waals surface area (Å²) in [6, 6.07) is 10.4. The summed E-state index contributed by atoms with van der Waals surface area (Å²) in [7, 11) is 0. The molecule has 0 saturated carbocycles. The van der Waals surface area contributed by atoms with Crippen LogP contribution in [0.5, 0.6) is 0 Å². The molecule has 3 heterocycles. The lowest BCUT2D eigenvalue weighted by molar-refractivity contribution is 0.153. The molecule has 1 atom stereocenters. The van der Waals surface area contributed by atoms with Crippen LogP contribution >= 0.6 is 12.4 Å². The van der Waals surface area contributed by atoms with Gasteiger partial charge in [-0.3, -0.25) is 0 Å². The molecule has 4 rings (SSSR count). The summed E-state index contributed by atoms with van der Waals surface area (Å²) in [6.45, 7) is 3.59. The predicted molar refractivity (Wildman–Crippen MR) is 106 cm³/mol. The Morgan fingerprint density at radius 1 is 1.12 bits per heavy atom. The van der Waals surface area contributed by atoms with Crippen LogP contribution in [0.15, 0.2) is 30.3 Å². The number of benzene rings is 1. The molecule has 1 aromatic heterocycles. The standard InChI is InChI=1S/C20H26N4O.ClH/c25-16-7-4-12-24(14-16)20-17-8-10-21-11-9-18(17)22-19(23-20)13-15-5-2-1-3-6-15;/h1-3,5-6,16,21,25H,4,7-14H2;1H. The first-order valence-corrected chi connectivity index (χ1v) is 9.36. The van der Waals surface area contributed by atoms with E-state index in [0.717, 1.165) is 63.4 Å². The molecule has 2 aromatic rings. The van der Waals surface area contributed by atoms with E-state index in [1.165, 1.54) is 16.8 Å². The summed E-state index contributed by atoms with van der Waals surface area (Å²) < 4.78 is 0. The van der Waals surface area contributed by atoms with Gasteiger partial charge in [-0.25, -0.2) is 9.97 Å². The second kappa shape index (κ2) is 8.80. The van der Waals surface area contributed by atoms with E-state index in [1.807, 2.05) is 6.07 Å². The lowest BCUT2D eigenvalue weighted by Crippen LogP contribution is -2.39. The fraction of sp³-hybridized carbons (Fsp3) is 0.500. The molecule has 0 aliphatic carbocycles. The number of rotatable bonds is 3. The average Bonchev–Trinajstić information content (AvgIpc) is 2.87. The summed E-state index contributed by atoms with van der Waals surface area (Å²) in [5, 5.41) is 13.6. The lowest BCUT2D eigenvalue weighted by atomic mass is 10.0. The van der Waals surface area contributed by atoms with Gasteiger partial charge in [-0.05, 0) is 31.4 Å². The van der Waals surface area contributed by atoms with Crippen LogP contribution in [0, 0.1) is 0 Å². The number of halogens is 1. The predicted octanol–water partition coefficient (Wildman–Crippen LogP) is 2.14. The van der Waals surface area contributed by atoms with Gasteiger partial charge in [0.25, 0.3) is 0 Å². The van der Waals surface area contributed by atoms with Crippen LogP contribution in [0.25, 0.3) is 0 Å². The molecule has 140 valence electrons. The molecule has 2 N–H and O–H groups in total. The number of aromatic nitrogens is 2. The molecule has 0 spiro atoms. The van der Waals surface area contributed by atoms with E-state index >= 15 is 0 Å². The first-order chi connectivity index (χ1) is 12.3. The van der Waals surface area contributed by atoms with Crippen molar-refractivity contribution in [3.05, 3.63) is 53.0 Å². The number of aliphatic hydroxyl groups is 1. The van der Waals surface area contributed by atoms with Crippen LogP contribution in [-0.4, -0.2) is 47.4 Å². The number of fused-ring (bicyclic) bond motifs is 1. The fourth-order valence-electron chi connectivity index (χ4n) is 3.84. The molecule has 1 saturated heterocycles. The van der Waals surface area contributed by atoms with Crippen molar-refractivity contribution in [2.24, 2.45) is 0 Å². The largest absolute Gasteiger partial charge is 0.391 e. The molecule has 0 amide bonds. The summed E-state index contributed by atoms with van der Waals surface area (Å²) >= 11 is 0. The second-order valence-electron chi connectivity index (χ2n) is 7.04. The Balaban J connectivity index is 0.00000196. The number of nitrogens with zero attached hydrogens (tertiary/aromatic N) is 3. The Labute approximate surface area is 161 Å². The Bertz CT molecular complexity index is 725. The van der Waals surface area contributed by atoms with Crippen LogP contribution in [0.1, 0.15) is 35.5 Å². The van der Waals surface area contributed by atoms with Crippen molar-refractivity contribution in [1.82, 2.24) is 15.3 Å². The van der Waals surface area contributed by atoms with Crippen LogP contribution < -0.4 is 10.2 Å². The first-order valence-electron chi connectivity index (χ1n) is 9.36. The third-order valence-electron chi connectivity index (χ3n) is 5.11. The monoisotopic (exact) mass is 374 g/mol. The molecule has 1 unspecified atom stereocenters. The maximum absolute atomic E-state index is 10.1. The number of hydrogen-bond donors (Lipinski definition) is 2. The maximum atomic E-state index is 10.1. The summed E-state index contributed by atoms with van der Waals surface area (Å²) in [6.07, 6.45) is 4.33. The van der Waals surface area contributed by atoms with E-state index in [4.69, 9.17) is 9.97 Å². The summed E-state index contributed by atoms with van der Waals surface area (Å²) in [5.74, 6) is 1.94. The zero-order valence-corrected chi connectivity index (χ0v) is 15.8. The maximum Gasteiger partial charge on any atom is 0.135 e. The Kier molecular flexibility index (Phi) is 6.46. The smallest absolute Gasteiger partial charge is 0.135 e. The molecule has 0 bridgehead atoms. The highest BCUT2D eigenvalue weighted by atomic mass is 35.5. The zero-order valence-electron chi connectivity index (χ0n) is 15.0. The van der Waals surface area contributed by atoms with Crippen molar-refractivity contribution in [2.75, 3.05) is 31.1 Å². The lowest BCUT2D eigenvalue weighted by Gasteiger charge is -2.33. The second-order valence-corrected chi connectivity index (χ2v) is 7.04. The van der Waals surface area contributed by atoms with Gasteiger partial charge in [-0.15, -0.1) is 12.4 Å². The highest BCUT2D eigenvalue weighted by molar-refractivity contribution is 5.85. The van der Waals surface area contributed by atoms with Crippen LogP contribution in [0.3, 0.4) is 0 Å². The van der Waals surface area contributed by atoms with Crippen molar-refractivity contribution < 1.29 is 5.11 Å². The minimum absolute atomic E-state index is 0. The van der Waals surface area contributed by atoms with Crippen molar-refractivity contribution in [3.8, 4) is 0 Å². The van der Waals surface area contributed by atoms with Crippen molar-refractivity contribution in [2.45, 2.75) is 38.2 Å². The Morgan fingerprint density at radius 3 is 2.73 bits per heavy atom. The van der Waals surface area contributed by atoms with Crippen molar-refractivity contribution in [3.63, 3.8) is 0 Å². The van der Waals surface area contributed by atoms with Gasteiger partial charge in [0.1, 0.15) is 11.6 Å². The molecule has 2 aliphatic heterocycles. The van der Waals surface area contributed by atoms with Crippen LogP contribution in [0.2, 0.25) is 0 Å². The molecular weight excluding hydrogens is 348 g/mol. The Morgan fingerprint density at radius 2 is 1.92 bits per heavy atom. The molecule has 1 fully saturated rings. The number of hydrogen-bond acceptors (Lipinski definition) is 5. The SMILES string of the molecule is Cl.OC1CCCN(c2nc(Cc3ccccc3)nc3c2CCNCC3)C1. The van der Waals surface area contributed by atoms with E-state index in [1.54, 1.807) is 0 Å².